The van der Waals surface area contributed by atoms with Gasteiger partial charge >= 0.3 is 5.97 Å². The monoisotopic (exact) mass is 237 g/mol. The summed E-state index contributed by atoms with van der Waals surface area (Å²) >= 11 is 0. The van der Waals surface area contributed by atoms with E-state index in [1.54, 1.807) is 0 Å². The van der Waals surface area contributed by atoms with Crippen LogP contribution in [0.4, 0.5) is 5.69 Å². The Labute approximate surface area is 101 Å². The fraction of sp³-hybridized carbons (Fsp3) is 0.462. The Morgan fingerprint density at radius 1 is 1.35 bits per heavy atom. The topological polar surface area (TPSA) is 72.6 Å². The van der Waals surface area contributed by atoms with E-state index in [1.165, 1.54) is 0 Å². The summed E-state index contributed by atoms with van der Waals surface area (Å²) in [7, 11) is 0. The molecule has 0 fully saturated rings. The van der Waals surface area contributed by atoms with E-state index < -0.39 is 0 Å². The van der Waals surface area contributed by atoms with Crippen LogP contribution in [0.1, 0.15) is 24.8 Å². The van der Waals surface area contributed by atoms with E-state index in [2.05, 4.69) is 0 Å². The third kappa shape index (κ3) is 5.92. The van der Waals surface area contributed by atoms with E-state index in [-0.39, 0.29) is 12.6 Å². The summed E-state index contributed by atoms with van der Waals surface area (Å²) in [5.41, 5.74) is 7.39. The molecule has 0 saturated heterocycles. The molecule has 0 saturated carbocycles. The summed E-state index contributed by atoms with van der Waals surface area (Å²) in [6.45, 7) is 0.525. The number of unbranched alkanes of at least 4 members (excludes halogenated alkanes) is 1. The fourth-order valence-corrected chi connectivity index (χ4v) is 1.47. The van der Waals surface area contributed by atoms with Crippen molar-refractivity contribution in [2.24, 2.45) is 0 Å². The highest BCUT2D eigenvalue weighted by molar-refractivity contribution is 5.69. The van der Waals surface area contributed by atoms with Crippen molar-refractivity contribution in [3.05, 3.63) is 29.8 Å². The number of benzene rings is 1. The Kier molecular flexibility index (Phi) is 6.10. The number of aliphatic hydroxyl groups is 1. The molecular formula is C13H19NO3. The number of nitrogens with two attached hydrogens (primary N) is 1. The molecule has 0 spiro atoms. The highest BCUT2D eigenvalue weighted by atomic mass is 16.5. The molecule has 0 atom stereocenters. The molecule has 1 aromatic rings. The number of nitrogen functional groups attached to an aromatic ring is 1. The lowest BCUT2D eigenvalue weighted by molar-refractivity contribution is -0.143. The van der Waals surface area contributed by atoms with Gasteiger partial charge in [-0.2, -0.15) is 0 Å². The van der Waals surface area contributed by atoms with Gasteiger partial charge in [-0.3, -0.25) is 4.79 Å². The van der Waals surface area contributed by atoms with Crippen LogP contribution in [0.15, 0.2) is 24.3 Å². The van der Waals surface area contributed by atoms with E-state index in [0.717, 1.165) is 5.56 Å². The van der Waals surface area contributed by atoms with Crippen molar-refractivity contribution in [1.29, 1.82) is 0 Å². The Bertz CT molecular complexity index is 352. The second kappa shape index (κ2) is 7.68. The highest BCUT2D eigenvalue weighted by Gasteiger charge is 2.03. The zero-order chi connectivity index (χ0) is 12.5. The van der Waals surface area contributed by atoms with E-state index >= 15 is 0 Å². The highest BCUT2D eigenvalue weighted by Crippen LogP contribution is 2.09. The van der Waals surface area contributed by atoms with Crippen LogP contribution < -0.4 is 5.73 Å². The van der Waals surface area contributed by atoms with Gasteiger partial charge in [-0.1, -0.05) is 12.1 Å². The van der Waals surface area contributed by atoms with Crippen molar-refractivity contribution < 1.29 is 14.6 Å². The van der Waals surface area contributed by atoms with Crippen LogP contribution in [0.2, 0.25) is 0 Å². The van der Waals surface area contributed by atoms with Crippen LogP contribution in [0.5, 0.6) is 0 Å². The number of aliphatic hydroxyl groups excluding tert-OH is 1. The van der Waals surface area contributed by atoms with Gasteiger partial charge in [-0.05, 0) is 37.0 Å². The van der Waals surface area contributed by atoms with Gasteiger partial charge in [-0.25, -0.2) is 0 Å². The number of ether oxygens (including phenoxy) is 1. The lowest BCUT2D eigenvalue weighted by atomic mass is 10.1. The lowest BCUT2D eigenvalue weighted by Crippen LogP contribution is -2.07. The number of hydrogen-bond acceptors (Lipinski definition) is 4. The van der Waals surface area contributed by atoms with Crippen molar-refractivity contribution in [2.75, 3.05) is 18.9 Å². The summed E-state index contributed by atoms with van der Waals surface area (Å²) in [6.07, 6.45) is 2.38. The average Bonchev–Trinajstić information content (AvgIpc) is 2.32. The van der Waals surface area contributed by atoms with Crippen molar-refractivity contribution >= 4 is 11.7 Å². The zero-order valence-electron chi connectivity index (χ0n) is 9.89. The fourth-order valence-electron chi connectivity index (χ4n) is 1.47. The van der Waals surface area contributed by atoms with Crippen LogP contribution in [-0.2, 0) is 16.0 Å². The van der Waals surface area contributed by atoms with Crippen LogP contribution >= 0.6 is 0 Å². The number of hydrogen-bond donors (Lipinski definition) is 2. The second-order valence-electron chi connectivity index (χ2n) is 3.90. The molecule has 1 aromatic carbocycles. The molecule has 4 heteroatoms. The molecule has 3 N–H and O–H groups in total. The summed E-state index contributed by atoms with van der Waals surface area (Å²) < 4.78 is 5.01. The van der Waals surface area contributed by atoms with Crippen LogP contribution in [0.25, 0.3) is 0 Å². The number of aryl methyl sites for hydroxylation is 1. The SMILES string of the molecule is Nc1cccc(CCC(=O)OCCCCO)c1. The first kappa shape index (κ1) is 13.5. The molecular weight excluding hydrogens is 218 g/mol. The second-order valence-corrected chi connectivity index (χ2v) is 3.90. The smallest absolute Gasteiger partial charge is 0.306 e. The molecule has 0 heterocycles. The lowest BCUT2D eigenvalue weighted by Gasteiger charge is -2.04. The predicted molar refractivity (Wildman–Crippen MR) is 66.5 cm³/mol. The Morgan fingerprint density at radius 2 is 2.18 bits per heavy atom. The van der Waals surface area contributed by atoms with Crippen molar-refractivity contribution in [1.82, 2.24) is 0 Å². The van der Waals surface area contributed by atoms with Crippen LogP contribution in [-0.4, -0.2) is 24.3 Å². The number of esters is 1. The average molecular weight is 237 g/mol. The molecule has 0 aliphatic carbocycles. The van der Waals surface area contributed by atoms with Crippen molar-refractivity contribution in [3.8, 4) is 0 Å². The molecule has 17 heavy (non-hydrogen) atoms. The van der Waals surface area contributed by atoms with E-state index in [4.69, 9.17) is 15.6 Å². The van der Waals surface area contributed by atoms with Gasteiger partial charge < -0.3 is 15.6 Å². The third-order valence-electron chi connectivity index (χ3n) is 2.38. The summed E-state index contributed by atoms with van der Waals surface area (Å²) in [5.74, 6) is -0.203. The molecule has 0 bridgehead atoms. The maximum absolute atomic E-state index is 11.3. The van der Waals surface area contributed by atoms with Gasteiger partial charge in [-0.15, -0.1) is 0 Å². The minimum atomic E-state index is -0.203. The first-order chi connectivity index (χ1) is 8.22. The standard InChI is InChI=1S/C13H19NO3/c14-12-5-3-4-11(10-12)6-7-13(16)17-9-2-1-8-15/h3-5,10,15H,1-2,6-9,14H2. The van der Waals surface area contributed by atoms with Crippen LogP contribution in [0, 0.1) is 0 Å². The summed E-state index contributed by atoms with van der Waals surface area (Å²) in [4.78, 5) is 11.3. The Hall–Kier alpha value is -1.55. The number of rotatable bonds is 7. The molecule has 0 unspecified atom stereocenters. The van der Waals surface area contributed by atoms with Gasteiger partial charge in [0.15, 0.2) is 0 Å². The van der Waals surface area contributed by atoms with Crippen molar-refractivity contribution in [2.45, 2.75) is 25.7 Å². The van der Waals surface area contributed by atoms with Gasteiger partial charge in [0.05, 0.1) is 6.61 Å². The normalized spacial score (nSPS) is 10.2. The largest absolute Gasteiger partial charge is 0.466 e. The molecule has 0 amide bonds. The van der Waals surface area contributed by atoms with Crippen molar-refractivity contribution in [3.63, 3.8) is 0 Å². The maximum atomic E-state index is 11.3. The van der Waals surface area contributed by atoms with Gasteiger partial charge in [0.25, 0.3) is 0 Å². The Morgan fingerprint density at radius 3 is 2.88 bits per heavy atom. The summed E-state index contributed by atoms with van der Waals surface area (Å²) in [6, 6.07) is 7.49. The maximum Gasteiger partial charge on any atom is 0.306 e. The first-order valence-corrected chi connectivity index (χ1v) is 5.83. The number of carbonyl (C=O) groups excluding carboxylic acids is 1. The van der Waals surface area contributed by atoms with E-state index in [0.29, 0.717) is 38.0 Å². The van der Waals surface area contributed by atoms with E-state index in [1.807, 2.05) is 24.3 Å². The van der Waals surface area contributed by atoms with Gasteiger partial charge in [0.2, 0.25) is 0 Å². The third-order valence-corrected chi connectivity index (χ3v) is 2.38. The summed E-state index contributed by atoms with van der Waals surface area (Å²) in [5, 5.41) is 8.56. The zero-order valence-corrected chi connectivity index (χ0v) is 9.89. The molecule has 0 radical (unpaired) electrons. The number of anilines is 1. The minimum Gasteiger partial charge on any atom is -0.466 e. The van der Waals surface area contributed by atoms with Gasteiger partial charge in [0.1, 0.15) is 0 Å². The molecule has 0 aromatic heterocycles. The molecule has 0 aliphatic rings. The molecule has 94 valence electrons. The molecule has 0 aliphatic heterocycles. The van der Waals surface area contributed by atoms with Crippen LogP contribution in [0.3, 0.4) is 0 Å². The van der Waals surface area contributed by atoms with E-state index in [9.17, 15) is 4.79 Å². The minimum absolute atomic E-state index is 0.140. The quantitative estimate of drug-likeness (QED) is 0.428. The Balaban J connectivity index is 2.19. The number of carbonyl (C=O) groups is 1. The predicted octanol–water partition coefficient (Wildman–Crippen LogP) is 1.52. The van der Waals surface area contributed by atoms with Gasteiger partial charge in [0, 0.05) is 18.7 Å². The molecule has 4 nitrogen and oxygen atoms in total. The first-order valence-electron chi connectivity index (χ1n) is 5.83. The molecule has 1 rings (SSSR count).